The minimum absolute atomic E-state index is 0.00303. The maximum Gasteiger partial charge on any atom is 0.231 e. The standard InChI is InChI=1S/C21H21N5O4/c1-12(2)29-21-14-9-17(30-16(14)7-8-22-21)15-10-23-18-4-6-20(25-26(15)18)28-11-13-3-5-19(27)24-13/h4,6-10,12-13H,3,5,11H2,1-2H3,(H,24,27). The molecule has 5 rings (SSSR count). The van der Waals surface area contributed by atoms with Gasteiger partial charge in [-0.25, -0.2) is 14.5 Å². The number of aromatic nitrogens is 4. The summed E-state index contributed by atoms with van der Waals surface area (Å²) >= 11 is 0. The van der Waals surface area contributed by atoms with Crippen molar-refractivity contribution in [3.8, 4) is 23.2 Å². The van der Waals surface area contributed by atoms with Crippen molar-refractivity contribution in [1.29, 1.82) is 0 Å². The van der Waals surface area contributed by atoms with E-state index in [2.05, 4.69) is 20.4 Å². The Hall–Kier alpha value is -3.62. The fourth-order valence-electron chi connectivity index (χ4n) is 3.47. The molecule has 9 heteroatoms. The molecular weight excluding hydrogens is 386 g/mol. The topological polar surface area (TPSA) is 104 Å². The number of pyridine rings is 1. The summed E-state index contributed by atoms with van der Waals surface area (Å²) in [5, 5.41) is 8.22. The third kappa shape index (κ3) is 3.42. The van der Waals surface area contributed by atoms with E-state index in [1.165, 1.54) is 0 Å². The first-order chi connectivity index (χ1) is 14.6. The number of rotatable bonds is 6. The van der Waals surface area contributed by atoms with Crippen LogP contribution in [0.5, 0.6) is 11.8 Å². The van der Waals surface area contributed by atoms with Gasteiger partial charge in [-0.05, 0) is 32.4 Å². The maximum atomic E-state index is 11.3. The van der Waals surface area contributed by atoms with Gasteiger partial charge in [0, 0.05) is 24.8 Å². The maximum absolute atomic E-state index is 11.3. The number of nitrogens with zero attached hydrogens (tertiary/aromatic N) is 4. The molecule has 5 heterocycles. The highest BCUT2D eigenvalue weighted by Crippen LogP contribution is 2.32. The van der Waals surface area contributed by atoms with Crippen LogP contribution >= 0.6 is 0 Å². The van der Waals surface area contributed by atoms with Gasteiger partial charge >= 0.3 is 0 Å². The Labute approximate surface area is 172 Å². The first-order valence-electron chi connectivity index (χ1n) is 9.89. The van der Waals surface area contributed by atoms with Crippen LogP contribution in [0, 0.1) is 0 Å². The SMILES string of the molecule is CC(C)Oc1nccc2oc(-c3cnc4ccc(OCC5CCC(=O)N5)nn34)cc12. The van der Waals surface area contributed by atoms with Gasteiger partial charge < -0.3 is 19.2 Å². The number of imidazole rings is 1. The smallest absolute Gasteiger partial charge is 0.231 e. The lowest BCUT2D eigenvalue weighted by Gasteiger charge is -2.11. The second-order valence-corrected chi connectivity index (χ2v) is 7.50. The fourth-order valence-corrected chi connectivity index (χ4v) is 3.47. The van der Waals surface area contributed by atoms with E-state index in [4.69, 9.17) is 13.9 Å². The average molecular weight is 407 g/mol. The lowest BCUT2D eigenvalue weighted by molar-refractivity contribution is -0.119. The molecule has 0 saturated carbocycles. The first kappa shape index (κ1) is 18.4. The molecule has 1 aliphatic rings. The van der Waals surface area contributed by atoms with Crippen LogP contribution in [0.25, 0.3) is 28.1 Å². The Kier molecular flexibility index (Phi) is 4.50. The molecule has 0 aromatic carbocycles. The van der Waals surface area contributed by atoms with Crippen molar-refractivity contribution in [2.75, 3.05) is 6.61 Å². The number of furan rings is 1. The van der Waals surface area contributed by atoms with Crippen LogP contribution in [-0.4, -0.2) is 44.2 Å². The summed E-state index contributed by atoms with van der Waals surface area (Å²) in [5.41, 5.74) is 2.04. The van der Waals surface area contributed by atoms with Crippen LogP contribution in [0.1, 0.15) is 26.7 Å². The molecule has 0 radical (unpaired) electrons. The van der Waals surface area contributed by atoms with E-state index < -0.39 is 0 Å². The van der Waals surface area contributed by atoms with E-state index in [0.29, 0.717) is 47.5 Å². The number of hydrogen-bond acceptors (Lipinski definition) is 7. The molecule has 1 atom stereocenters. The highest BCUT2D eigenvalue weighted by molar-refractivity contribution is 5.86. The van der Waals surface area contributed by atoms with Crippen molar-refractivity contribution in [1.82, 2.24) is 24.9 Å². The Bertz CT molecular complexity index is 1230. The average Bonchev–Trinajstić information content (AvgIpc) is 3.43. The van der Waals surface area contributed by atoms with E-state index >= 15 is 0 Å². The fraction of sp³-hybridized carbons (Fsp3) is 0.333. The van der Waals surface area contributed by atoms with Gasteiger partial charge in [0.25, 0.3) is 0 Å². The number of ether oxygens (including phenoxy) is 2. The van der Waals surface area contributed by atoms with E-state index in [0.717, 1.165) is 11.8 Å². The zero-order chi connectivity index (χ0) is 20.7. The summed E-state index contributed by atoms with van der Waals surface area (Å²) in [4.78, 5) is 20.1. The number of carbonyl (C=O) groups excluding carboxylic acids is 1. The minimum atomic E-state index is 0.00303. The molecule has 4 aromatic heterocycles. The van der Waals surface area contributed by atoms with Gasteiger partial charge in [0.05, 0.1) is 23.7 Å². The summed E-state index contributed by atoms with van der Waals surface area (Å²) in [6.07, 6.45) is 4.68. The van der Waals surface area contributed by atoms with Crippen LogP contribution in [-0.2, 0) is 4.79 Å². The molecule has 154 valence electrons. The van der Waals surface area contributed by atoms with E-state index in [1.807, 2.05) is 26.0 Å². The summed E-state index contributed by atoms with van der Waals surface area (Å²) in [5.74, 6) is 1.64. The van der Waals surface area contributed by atoms with Crippen LogP contribution in [0.15, 0.2) is 41.1 Å². The lowest BCUT2D eigenvalue weighted by atomic mass is 10.2. The van der Waals surface area contributed by atoms with Gasteiger partial charge in [-0.3, -0.25) is 4.79 Å². The van der Waals surface area contributed by atoms with Gasteiger partial charge in [0.2, 0.25) is 17.7 Å². The van der Waals surface area contributed by atoms with Crippen molar-refractivity contribution in [2.24, 2.45) is 0 Å². The zero-order valence-corrected chi connectivity index (χ0v) is 16.7. The van der Waals surface area contributed by atoms with Gasteiger partial charge in [-0.2, -0.15) is 0 Å². The van der Waals surface area contributed by atoms with E-state index in [9.17, 15) is 4.79 Å². The first-order valence-corrected chi connectivity index (χ1v) is 9.89. The third-order valence-electron chi connectivity index (χ3n) is 4.86. The van der Waals surface area contributed by atoms with Gasteiger partial charge in [-0.15, -0.1) is 5.10 Å². The predicted molar refractivity (Wildman–Crippen MR) is 108 cm³/mol. The molecule has 4 aromatic rings. The zero-order valence-electron chi connectivity index (χ0n) is 16.7. The quantitative estimate of drug-likeness (QED) is 0.524. The molecule has 30 heavy (non-hydrogen) atoms. The largest absolute Gasteiger partial charge is 0.474 e. The summed E-state index contributed by atoms with van der Waals surface area (Å²) in [6.45, 7) is 4.28. The van der Waals surface area contributed by atoms with Crippen molar-refractivity contribution < 1.29 is 18.7 Å². The monoisotopic (exact) mass is 407 g/mol. The predicted octanol–water partition coefficient (Wildman–Crippen LogP) is 2.98. The molecule has 1 fully saturated rings. The summed E-state index contributed by atoms with van der Waals surface area (Å²) in [6, 6.07) is 7.29. The molecule has 1 unspecified atom stereocenters. The second kappa shape index (κ2) is 7.33. The highest BCUT2D eigenvalue weighted by Gasteiger charge is 2.21. The minimum Gasteiger partial charge on any atom is -0.474 e. The van der Waals surface area contributed by atoms with Crippen LogP contribution in [0.3, 0.4) is 0 Å². The summed E-state index contributed by atoms with van der Waals surface area (Å²) in [7, 11) is 0. The molecule has 1 aliphatic heterocycles. The Balaban J connectivity index is 1.46. The lowest BCUT2D eigenvalue weighted by Crippen LogP contribution is -2.31. The number of amides is 1. The number of fused-ring (bicyclic) bond motifs is 2. The van der Waals surface area contributed by atoms with Crippen molar-refractivity contribution in [3.05, 3.63) is 36.7 Å². The molecule has 1 saturated heterocycles. The van der Waals surface area contributed by atoms with Gasteiger partial charge in [0.15, 0.2) is 11.4 Å². The second-order valence-electron chi connectivity index (χ2n) is 7.50. The Morgan fingerprint density at radius 3 is 3.00 bits per heavy atom. The molecule has 0 bridgehead atoms. The van der Waals surface area contributed by atoms with Crippen LogP contribution < -0.4 is 14.8 Å². The van der Waals surface area contributed by atoms with Crippen LogP contribution in [0.2, 0.25) is 0 Å². The molecule has 1 amide bonds. The molecule has 9 nitrogen and oxygen atoms in total. The number of nitrogens with one attached hydrogen (secondary N) is 1. The van der Waals surface area contributed by atoms with Gasteiger partial charge in [-0.1, -0.05) is 0 Å². The van der Waals surface area contributed by atoms with E-state index in [1.54, 1.807) is 29.0 Å². The van der Waals surface area contributed by atoms with Crippen molar-refractivity contribution in [3.63, 3.8) is 0 Å². The van der Waals surface area contributed by atoms with Crippen molar-refractivity contribution in [2.45, 2.75) is 38.8 Å². The molecule has 0 aliphatic carbocycles. The Morgan fingerprint density at radius 2 is 2.20 bits per heavy atom. The normalized spacial score (nSPS) is 16.5. The molecule has 1 N–H and O–H groups in total. The number of carbonyl (C=O) groups is 1. The third-order valence-corrected chi connectivity index (χ3v) is 4.86. The molecule has 0 spiro atoms. The summed E-state index contributed by atoms with van der Waals surface area (Å²) < 4.78 is 19.3. The Morgan fingerprint density at radius 1 is 1.30 bits per heavy atom. The molecular formula is C21H21N5O4. The number of hydrogen-bond donors (Lipinski definition) is 1. The van der Waals surface area contributed by atoms with Crippen molar-refractivity contribution >= 4 is 22.5 Å². The van der Waals surface area contributed by atoms with E-state index in [-0.39, 0.29) is 18.1 Å². The van der Waals surface area contributed by atoms with Gasteiger partial charge in [0.1, 0.15) is 17.9 Å². The van der Waals surface area contributed by atoms with Crippen LogP contribution in [0.4, 0.5) is 0 Å². The highest BCUT2D eigenvalue weighted by atomic mass is 16.5.